The Kier molecular flexibility index (Phi) is 5.29. The molecule has 0 aromatic heterocycles. The molecule has 2 atom stereocenters. The fraction of sp³-hybridized carbons (Fsp3) is 0.875. The highest BCUT2D eigenvalue weighted by Gasteiger charge is 2.67. The molecule has 4 fully saturated rings. The number of alkyl halides is 4. The average molecular weight is 432 g/mol. The normalized spacial score (nSPS) is 32.6. The van der Waals surface area contributed by atoms with Crippen molar-refractivity contribution in [3.05, 3.63) is 0 Å². The Balaban J connectivity index is 1.47. The Bertz CT molecular complexity index is 749. The third-order valence-corrected chi connectivity index (χ3v) is 6.78. The van der Waals surface area contributed by atoms with Gasteiger partial charge < -0.3 is 9.47 Å². The van der Waals surface area contributed by atoms with Gasteiger partial charge in [0.25, 0.3) is 0 Å². The third-order valence-electron chi connectivity index (χ3n) is 5.90. The first-order chi connectivity index (χ1) is 12.8. The molecule has 0 saturated heterocycles. The molecule has 12 heteroatoms. The molecule has 4 rings (SSSR count). The molecule has 0 radical (unpaired) electrons. The second-order valence-corrected chi connectivity index (χ2v) is 9.34. The van der Waals surface area contributed by atoms with Crippen LogP contribution in [0.25, 0.3) is 0 Å². The lowest BCUT2D eigenvalue weighted by Crippen LogP contribution is -2.54. The number of halogens is 4. The first-order valence-corrected chi connectivity index (χ1v) is 10.3. The quantitative estimate of drug-likeness (QED) is 0.272. The lowest BCUT2D eigenvalue weighted by atomic mass is 9.49. The van der Waals surface area contributed by atoms with Gasteiger partial charge in [-0.1, -0.05) is 0 Å². The molecule has 7 nitrogen and oxygen atoms in total. The van der Waals surface area contributed by atoms with E-state index in [4.69, 9.17) is 9.29 Å². The summed E-state index contributed by atoms with van der Waals surface area (Å²) in [6.07, 6.45) is -2.84. The van der Waals surface area contributed by atoms with Crippen LogP contribution in [0.1, 0.15) is 38.5 Å². The SMILES string of the molecule is O=C1C2CC3CC1CC(C(=O)OCCCOC(F)(F)C(F)(F)S(=O)(=O)O)(C3)C2. The van der Waals surface area contributed by atoms with Crippen LogP contribution >= 0.6 is 0 Å². The van der Waals surface area contributed by atoms with E-state index in [0.29, 0.717) is 19.3 Å². The van der Waals surface area contributed by atoms with Gasteiger partial charge in [0.15, 0.2) is 0 Å². The predicted molar refractivity (Wildman–Crippen MR) is 84.0 cm³/mol. The number of hydrogen-bond acceptors (Lipinski definition) is 6. The second kappa shape index (κ2) is 6.91. The Morgan fingerprint density at radius 3 is 2.21 bits per heavy atom. The van der Waals surface area contributed by atoms with E-state index in [0.717, 1.165) is 12.8 Å². The average Bonchev–Trinajstić information content (AvgIpc) is 2.57. The van der Waals surface area contributed by atoms with Crippen molar-refractivity contribution in [2.45, 2.75) is 49.9 Å². The summed E-state index contributed by atoms with van der Waals surface area (Å²) in [6.45, 7) is -1.41. The fourth-order valence-corrected chi connectivity index (χ4v) is 5.17. The molecule has 0 amide bonds. The number of ketones is 1. The summed E-state index contributed by atoms with van der Waals surface area (Å²) in [5, 5.41) is -5.80. The Labute approximate surface area is 158 Å². The zero-order valence-electron chi connectivity index (χ0n) is 14.7. The van der Waals surface area contributed by atoms with Crippen LogP contribution in [0.5, 0.6) is 0 Å². The molecule has 0 aromatic carbocycles. The number of ether oxygens (including phenoxy) is 2. The molecule has 4 saturated carbocycles. The van der Waals surface area contributed by atoms with E-state index in [1.54, 1.807) is 0 Å². The molecule has 0 aliphatic heterocycles. The molecule has 4 bridgehead atoms. The number of carbonyl (C=O) groups excluding carboxylic acids is 2. The van der Waals surface area contributed by atoms with Gasteiger partial charge in [0.2, 0.25) is 0 Å². The predicted octanol–water partition coefficient (Wildman–Crippen LogP) is 2.41. The molecule has 28 heavy (non-hydrogen) atoms. The molecule has 160 valence electrons. The summed E-state index contributed by atoms with van der Waals surface area (Å²) >= 11 is 0. The number of rotatable bonds is 8. The maximum Gasteiger partial charge on any atom is 0.459 e. The Morgan fingerprint density at radius 2 is 1.68 bits per heavy atom. The van der Waals surface area contributed by atoms with Crippen LogP contribution in [0, 0.1) is 23.2 Å². The highest BCUT2D eigenvalue weighted by Crippen LogP contribution is 2.59. The van der Waals surface area contributed by atoms with Gasteiger partial charge in [0, 0.05) is 18.3 Å². The van der Waals surface area contributed by atoms with Crippen molar-refractivity contribution in [1.82, 2.24) is 0 Å². The van der Waals surface area contributed by atoms with Gasteiger partial charge in [-0.3, -0.25) is 14.1 Å². The van der Waals surface area contributed by atoms with E-state index in [2.05, 4.69) is 4.74 Å². The monoisotopic (exact) mass is 432 g/mol. The van der Waals surface area contributed by atoms with E-state index < -0.39 is 39.5 Å². The van der Waals surface area contributed by atoms with E-state index in [-0.39, 0.29) is 36.6 Å². The van der Waals surface area contributed by atoms with E-state index in [1.165, 1.54) is 0 Å². The molecule has 4 aliphatic carbocycles. The molecule has 0 heterocycles. The van der Waals surface area contributed by atoms with Gasteiger partial charge in [-0.2, -0.15) is 26.0 Å². The zero-order chi connectivity index (χ0) is 21.0. The van der Waals surface area contributed by atoms with Gasteiger partial charge in [0.1, 0.15) is 5.78 Å². The largest absolute Gasteiger partial charge is 0.465 e. The molecular weight excluding hydrogens is 412 g/mol. The van der Waals surface area contributed by atoms with Crippen LogP contribution in [0.3, 0.4) is 0 Å². The van der Waals surface area contributed by atoms with Crippen molar-refractivity contribution in [1.29, 1.82) is 0 Å². The minimum Gasteiger partial charge on any atom is -0.465 e. The molecule has 0 aromatic rings. The summed E-state index contributed by atoms with van der Waals surface area (Å²) < 4.78 is 89.9. The summed E-state index contributed by atoms with van der Waals surface area (Å²) in [5.41, 5.74) is -0.757. The fourth-order valence-electron chi connectivity index (χ4n) is 4.81. The molecular formula is C16H20F4O7S. The lowest BCUT2D eigenvalue weighted by molar-refractivity contribution is -0.318. The van der Waals surface area contributed by atoms with Crippen molar-refractivity contribution in [3.8, 4) is 0 Å². The lowest BCUT2D eigenvalue weighted by Gasteiger charge is -2.53. The first kappa shape index (κ1) is 21.4. The molecule has 4 aliphatic rings. The van der Waals surface area contributed by atoms with Crippen molar-refractivity contribution in [3.63, 3.8) is 0 Å². The zero-order valence-corrected chi connectivity index (χ0v) is 15.5. The molecule has 2 unspecified atom stereocenters. The maximum absolute atomic E-state index is 13.2. The molecule has 0 spiro atoms. The smallest absolute Gasteiger partial charge is 0.459 e. The minimum atomic E-state index is -6.37. The van der Waals surface area contributed by atoms with Crippen molar-refractivity contribution >= 4 is 21.9 Å². The first-order valence-electron chi connectivity index (χ1n) is 8.87. The number of carbonyl (C=O) groups is 2. The van der Waals surface area contributed by atoms with Crippen LogP contribution in [0.2, 0.25) is 0 Å². The van der Waals surface area contributed by atoms with Gasteiger partial charge in [-0.25, -0.2) is 0 Å². The summed E-state index contributed by atoms with van der Waals surface area (Å²) in [5.74, 6) is -0.358. The summed E-state index contributed by atoms with van der Waals surface area (Å²) in [6, 6.07) is 0. The Hall–Kier alpha value is -1.27. The topological polar surface area (TPSA) is 107 Å². The third kappa shape index (κ3) is 3.54. The van der Waals surface area contributed by atoms with Crippen LogP contribution < -0.4 is 0 Å². The van der Waals surface area contributed by atoms with E-state index >= 15 is 0 Å². The summed E-state index contributed by atoms with van der Waals surface area (Å²) in [4.78, 5) is 24.6. The van der Waals surface area contributed by atoms with Crippen molar-refractivity contribution in [2.24, 2.45) is 23.2 Å². The standard InChI is InChI=1S/C16H20F4O7S/c17-15(18,16(19,20)28(23,24)25)27-3-1-2-26-13(22)14-6-9-4-10(7-14)12(21)11(5-9)8-14/h9-11H,1-8H2,(H,23,24,25). The van der Waals surface area contributed by atoms with Gasteiger partial charge in [-0.05, 0) is 38.0 Å². The van der Waals surface area contributed by atoms with Crippen LogP contribution in [0.4, 0.5) is 17.6 Å². The van der Waals surface area contributed by atoms with Crippen molar-refractivity contribution < 1.29 is 49.6 Å². The van der Waals surface area contributed by atoms with Crippen LogP contribution in [-0.2, 0) is 29.2 Å². The van der Waals surface area contributed by atoms with E-state index in [1.807, 2.05) is 0 Å². The number of esters is 1. The van der Waals surface area contributed by atoms with Crippen LogP contribution in [-0.4, -0.2) is 49.3 Å². The highest BCUT2D eigenvalue weighted by atomic mass is 32.2. The van der Waals surface area contributed by atoms with Gasteiger partial charge in [-0.15, -0.1) is 0 Å². The number of hydrogen-bond donors (Lipinski definition) is 1. The maximum atomic E-state index is 13.2. The summed E-state index contributed by atoms with van der Waals surface area (Å²) in [7, 11) is -6.37. The number of Topliss-reactive ketones (excluding diaryl/α,β-unsaturated/α-hetero) is 1. The highest BCUT2D eigenvalue weighted by molar-refractivity contribution is 7.86. The van der Waals surface area contributed by atoms with Crippen LogP contribution in [0.15, 0.2) is 0 Å². The minimum absolute atomic E-state index is 0.150. The van der Waals surface area contributed by atoms with E-state index in [9.17, 15) is 35.6 Å². The second-order valence-electron chi connectivity index (χ2n) is 7.87. The van der Waals surface area contributed by atoms with Gasteiger partial charge >= 0.3 is 27.5 Å². The van der Waals surface area contributed by atoms with Gasteiger partial charge in [0.05, 0.1) is 18.6 Å². The Morgan fingerprint density at radius 1 is 1.11 bits per heavy atom. The molecule has 1 N–H and O–H groups in total. The van der Waals surface area contributed by atoms with Crippen molar-refractivity contribution in [2.75, 3.05) is 13.2 Å².